The van der Waals surface area contributed by atoms with Crippen LogP contribution in [0.1, 0.15) is 12.5 Å². The molecule has 0 radical (unpaired) electrons. The van der Waals surface area contributed by atoms with Gasteiger partial charge in [-0.2, -0.15) is 0 Å². The number of aliphatic hydroxyl groups is 1. The van der Waals surface area contributed by atoms with Crippen LogP contribution < -0.4 is 5.32 Å². The summed E-state index contributed by atoms with van der Waals surface area (Å²) in [7, 11) is 0. The van der Waals surface area contributed by atoms with E-state index in [1.54, 1.807) is 19.1 Å². The van der Waals surface area contributed by atoms with Gasteiger partial charge in [-0.25, -0.2) is 4.39 Å². The Kier molecular flexibility index (Phi) is 4.56. The fourth-order valence-electron chi connectivity index (χ4n) is 1.24. The predicted molar refractivity (Wildman–Crippen MR) is 54.7 cm³/mol. The topological polar surface area (TPSA) is 32.3 Å². The van der Waals surface area contributed by atoms with Gasteiger partial charge in [0.2, 0.25) is 0 Å². The third kappa shape index (κ3) is 3.85. The molecule has 0 spiro atoms. The zero-order valence-corrected chi connectivity index (χ0v) is 8.33. The van der Waals surface area contributed by atoms with Gasteiger partial charge < -0.3 is 10.4 Å². The molecule has 2 N–H and O–H groups in total. The van der Waals surface area contributed by atoms with Crippen molar-refractivity contribution >= 4 is 0 Å². The van der Waals surface area contributed by atoms with Crippen molar-refractivity contribution in [3.8, 4) is 0 Å². The van der Waals surface area contributed by atoms with Crippen LogP contribution in [0.25, 0.3) is 0 Å². The Labute approximate surface area is 83.8 Å². The van der Waals surface area contributed by atoms with Crippen molar-refractivity contribution in [1.82, 2.24) is 5.32 Å². The molecule has 0 amide bonds. The van der Waals surface area contributed by atoms with E-state index < -0.39 is 0 Å². The van der Waals surface area contributed by atoms with Crippen molar-refractivity contribution in [1.29, 1.82) is 0 Å². The fourth-order valence-corrected chi connectivity index (χ4v) is 1.24. The van der Waals surface area contributed by atoms with Crippen LogP contribution in [0.2, 0.25) is 0 Å². The van der Waals surface area contributed by atoms with E-state index in [0.717, 1.165) is 0 Å². The van der Waals surface area contributed by atoms with E-state index in [1.807, 2.05) is 6.07 Å². The predicted octanol–water partition coefficient (Wildman–Crippen LogP) is 1.34. The normalized spacial score (nSPS) is 12.8. The van der Waals surface area contributed by atoms with E-state index in [4.69, 9.17) is 5.11 Å². The SMILES string of the molecule is C[C@@H](O)CNCCc1ccccc1F. The molecule has 1 rings (SSSR count). The Morgan fingerprint density at radius 2 is 2.14 bits per heavy atom. The molecule has 1 aromatic rings. The van der Waals surface area contributed by atoms with Crippen LogP contribution in [-0.4, -0.2) is 24.3 Å². The fraction of sp³-hybridized carbons (Fsp3) is 0.455. The molecule has 0 aliphatic heterocycles. The molecule has 3 heteroatoms. The van der Waals surface area contributed by atoms with Gasteiger partial charge in [-0.15, -0.1) is 0 Å². The molecule has 2 nitrogen and oxygen atoms in total. The first-order chi connectivity index (χ1) is 6.70. The summed E-state index contributed by atoms with van der Waals surface area (Å²) in [4.78, 5) is 0. The number of halogens is 1. The van der Waals surface area contributed by atoms with Crippen molar-refractivity contribution in [3.05, 3.63) is 35.6 Å². The van der Waals surface area contributed by atoms with Crippen LogP contribution in [-0.2, 0) is 6.42 Å². The molecule has 0 unspecified atom stereocenters. The van der Waals surface area contributed by atoms with Gasteiger partial charge in [-0.3, -0.25) is 0 Å². The summed E-state index contributed by atoms with van der Waals surface area (Å²) in [5.74, 6) is -0.161. The lowest BCUT2D eigenvalue weighted by atomic mass is 10.1. The second-order valence-electron chi connectivity index (χ2n) is 3.39. The maximum Gasteiger partial charge on any atom is 0.126 e. The maximum atomic E-state index is 13.1. The van der Waals surface area contributed by atoms with Crippen molar-refractivity contribution in [2.24, 2.45) is 0 Å². The molecule has 0 bridgehead atoms. The summed E-state index contributed by atoms with van der Waals surface area (Å²) in [6, 6.07) is 6.75. The van der Waals surface area contributed by atoms with Gasteiger partial charge in [0.05, 0.1) is 6.10 Å². The lowest BCUT2D eigenvalue weighted by Gasteiger charge is -2.07. The third-order valence-electron chi connectivity index (χ3n) is 1.97. The Morgan fingerprint density at radius 3 is 2.79 bits per heavy atom. The molecule has 1 aromatic carbocycles. The van der Waals surface area contributed by atoms with E-state index in [-0.39, 0.29) is 11.9 Å². The van der Waals surface area contributed by atoms with Gasteiger partial charge in [0.1, 0.15) is 5.82 Å². The molecule has 14 heavy (non-hydrogen) atoms. The molecule has 0 saturated carbocycles. The molecule has 0 heterocycles. The average Bonchev–Trinajstić information content (AvgIpc) is 2.15. The number of rotatable bonds is 5. The summed E-state index contributed by atoms with van der Waals surface area (Å²) < 4.78 is 13.1. The highest BCUT2D eigenvalue weighted by atomic mass is 19.1. The molecular formula is C11H16FNO. The van der Waals surface area contributed by atoms with Crippen LogP contribution in [0.3, 0.4) is 0 Å². The molecule has 1 atom stereocenters. The van der Waals surface area contributed by atoms with Crippen molar-refractivity contribution in [3.63, 3.8) is 0 Å². The number of hydrogen-bond donors (Lipinski definition) is 2. The highest BCUT2D eigenvalue weighted by Gasteiger charge is 2.00. The van der Waals surface area contributed by atoms with Gasteiger partial charge in [0, 0.05) is 6.54 Å². The van der Waals surface area contributed by atoms with E-state index in [0.29, 0.717) is 25.1 Å². The molecule has 78 valence electrons. The number of benzene rings is 1. The second-order valence-corrected chi connectivity index (χ2v) is 3.39. The zero-order chi connectivity index (χ0) is 10.4. The molecular weight excluding hydrogens is 181 g/mol. The van der Waals surface area contributed by atoms with Crippen molar-refractivity contribution in [2.45, 2.75) is 19.4 Å². The molecule has 0 aliphatic rings. The van der Waals surface area contributed by atoms with Crippen LogP contribution >= 0.6 is 0 Å². The summed E-state index contributed by atoms with van der Waals surface area (Å²) >= 11 is 0. The van der Waals surface area contributed by atoms with Gasteiger partial charge in [0.25, 0.3) is 0 Å². The first-order valence-corrected chi connectivity index (χ1v) is 4.82. The van der Waals surface area contributed by atoms with E-state index in [2.05, 4.69) is 5.32 Å². The highest BCUT2D eigenvalue weighted by Crippen LogP contribution is 2.05. The Bertz CT molecular complexity index is 276. The van der Waals surface area contributed by atoms with Gasteiger partial charge in [0.15, 0.2) is 0 Å². The Morgan fingerprint density at radius 1 is 1.43 bits per heavy atom. The van der Waals surface area contributed by atoms with Gasteiger partial charge in [-0.05, 0) is 31.5 Å². The van der Waals surface area contributed by atoms with Crippen molar-refractivity contribution in [2.75, 3.05) is 13.1 Å². The lowest BCUT2D eigenvalue weighted by Crippen LogP contribution is -2.26. The van der Waals surface area contributed by atoms with Crippen LogP contribution in [0.15, 0.2) is 24.3 Å². The van der Waals surface area contributed by atoms with Crippen LogP contribution in [0.5, 0.6) is 0 Å². The minimum absolute atomic E-state index is 0.161. The quantitative estimate of drug-likeness (QED) is 0.698. The summed E-state index contributed by atoms with van der Waals surface area (Å²) in [5, 5.41) is 12.0. The summed E-state index contributed by atoms with van der Waals surface area (Å²) in [5.41, 5.74) is 0.714. The second kappa shape index (κ2) is 5.73. The first kappa shape index (κ1) is 11.1. The summed E-state index contributed by atoms with van der Waals surface area (Å²) in [6.45, 7) is 2.95. The zero-order valence-electron chi connectivity index (χ0n) is 8.33. The van der Waals surface area contributed by atoms with Gasteiger partial charge >= 0.3 is 0 Å². The van der Waals surface area contributed by atoms with Gasteiger partial charge in [-0.1, -0.05) is 18.2 Å². The number of hydrogen-bond acceptors (Lipinski definition) is 2. The Hall–Kier alpha value is -0.930. The minimum atomic E-state index is -0.351. The van der Waals surface area contributed by atoms with E-state index in [9.17, 15) is 4.39 Å². The molecule has 0 saturated heterocycles. The lowest BCUT2D eigenvalue weighted by molar-refractivity contribution is 0.191. The maximum absolute atomic E-state index is 13.1. The number of aliphatic hydroxyl groups excluding tert-OH is 1. The average molecular weight is 197 g/mol. The number of nitrogens with one attached hydrogen (secondary N) is 1. The minimum Gasteiger partial charge on any atom is -0.392 e. The highest BCUT2D eigenvalue weighted by molar-refractivity contribution is 5.17. The largest absolute Gasteiger partial charge is 0.392 e. The first-order valence-electron chi connectivity index (χ1n) is 4.82. The third-order valence-corrected chi connectivity index (χ3v) is 1.97. The summed E-state index contributed by atoms with van der Waals surface area (Å²) in [6.07, 6.45) is 0.301. The molecule has 0 fully saturated rings. The van der Waals surface area contributed by atoms with E-state index >= 15 is 0 Å². The van der Waals surface area contributed by atoms with Crippen molar-refractivity contribution < 1.29 is 9.50 Å². The standard InChI is InChI=1S/C11H16FNO/c1-9(14)8-13-7-6-10-4-2-3-5-11(10)12/h2-5,9,13-14H,6-8H2,1H3/t9-/m1/s1. The smallest absolute Gasteiger partial charge is 0.126 e. The monoisotopic (exact) mass is 197 g/mol. The van der Waals surface area contributed by atoms with E-state index in [1.165, 1.54) is 6.07 Å². The Balaban J connectivity index is 2.28. The molecule has 0 aliphatic carbocycles. The van der Waals surface area contributed by atoms with Crippen LogP contribution in [0, 0.1) is 5.82 Å². The van der Waals surface area contributed by atoms with Crippen LogP contribution in [0.4, 0.5) is 4.39 Å². The molecule has 0 aromatic heterocycles.